The molecule has 20 heavy (non-hydrogen) atoms. The van der Waals surface area contributed by atoms with E-state index in [1.54, 1.807) is 13.8 Å². The van der Waals surface area contributed by atoms with Crippen molar-refractivity contribution in [3.05, 3.63) is 57.9 Å². The van der Waals surface area contributed by atoms with Crippen molar-refractivity contribution in [1.82, 2.24) is 0 Å². The summed E-state index contributed by atoms with van der Waals surface area (Å²) in [6, 6.07) is 2.81. The molecule has 5 heteroatoms. The molecule has 0 bridgehead atoms. The van der Waals surface area contributed by atoms with Crippen LogP contribution in [0.3, 0.4) is 0 Å². The van der Waals surface area contributed by atoms with Crippen LogP contribution in [0.2, 0.25) is 0 Å². The first-order valence-corrected chi connectivity index (χ1v) is 5.85. The molecule has 2 aromatic rings. The van der Waals surface area contributed by atoms with Crippen molar-refractivity contribution in [3.63, 3.8) is 0 Å². The molecule has 0 saturated carbocycles. The molecule has 0 fully saturated rings. The molecule has 0 aliphatic rings. The van der Waals surface area contributed by atoms with Crippen LogP contribution in [0.15, 0.2) is 12.1 Å². The van der Waals surface area contributed by atoms with E-state index in [2.05, 4.69) is 0 Å². The van der Waals surface area contributed by atoms with Gasteiger partial charge in [0.1, 0.15) is 0 Å². The largest absolute Gasteiger partial charge is 0.203 e. The zero-order chi connectivity index (χ0) is 15.2. The van der Waals surface area contributed by atoms with Crippen LogP contribution >= 0.6 is 0 Å². The van der Waals surface area contributed by atoms with Gasteiger partial charge in [-0.2, -0.15) is 0 Å². The summed E-state index contributed by atoms with van der Waals surface area (Å²) in [5.41, 5.74) is 1.40. The number of halogens is 5. The Morgan fingerprint density at radius 3 is 1.35 bits per heavy atom. The molecular formula is C15H11F5. The quantitative estimate of drug-likeness (QED) is 0.394. The van der Waals surface area contributed by atoms with Gasteiger partial charge in [0.15, 0.2) is 23.3 Å². The molecule has 0 spiro atoms. The monoisotopic (exact) mass is 286 g/mol. The highest BCUT2D eigenvalue weighted by atomic mass is 19.2. The summed E-state index contributed by atoms with van der Waals surface area (Å²) in [6.45, 7) is 5.22. The first-order valence-electron chi connectivity index (χ1n) is 5.85. The van der Waals surface area contributed by atoms with Crippen molar-refractivity contribution in [2.24, 2.45) is 0 Å². The van der Waals surface area contributed by atoms with Crippen LogP contribution in [0.1, 0.15) is 16.7 Å². The average Bonchev–Trinajstić information content (AvgIpc) is 2.40. The summed E-state index contributed by atoms with van der Waals surface area (Å²) in [7, 11) is 0. The maximum atomic E-state index is 13.7. The topological polar surface area (TPSA) is 0 Å². The molecule has 0 heterocycles. The van der Waals surface area contributed by atoms with Crippen molar-refractivity contribution in [1.29, 1.82) is 0 Å². The molecule has 0 aliphatic carbocycles. The van der Waals surface area contributed by atoms with E-state index in [9.17, 15) is 22.0 Å². The Balaban J connectivity index is 2.83. The Labute approximate surface area is 112 Å². The maximum absolute atomic E-state index is 13.7. The van der Waals surface area contributed by atoms with Gasteiger partial charge in [-0.05, 0) is 43.0 Å². The van der Waals surface area contributed by atoms with Gasteiger partial charge in [-0.3, -0.25) is 0 Å². The van der Waals surface area contributed by atoms with Crippen LogP contribution in [0, 0.1) is 49.9 Å². The molecule has 0 N–H and O–H groups in total. The van der Waals surface area contributed by atoms with Crippen LogP contribution < -0.4 is 0 Å². The fourth-order valence-electron chi connectivity index (χ4n) is 2.04. The summed E-state index contributed by atoms with van der Waals surface area (Å²) in [5.74, 6) is -9.65. The minimum atomic E-state index is -2.15. The highest BCUT2D eigenvalue weighted by Gasteiger charge is 2.26. The maximum Gasteiger partial charge on any atom is 0.200 e. The highest BCUT2D eigenvalue weighted by Crippen LogP contribution is 2.33. The molecule has 2 rings (SSSR count). The predicted octanol–water partition coefficient (Wildman–Crippen LogP) is 4.97. The van der Waals surface area contributed by atoms with E-state index < -0.39 is 34.6 Å². The molecule has 0 amide bonds. The van der Waals surface area contributed by atoms with Gasteiger partial charge in [-0.25, -0.2) is 22.0 Å². The van der Waals surface area contributed by atoms with E-state index in [0.29, 0.717) is 11.1 Å². The number of hydrogen-bond donors (Lipinski definition) is 0. The predicted molar refractivity (Wildman–Crippen MR) is 65.9 cm³/mol. The van der Waals surface area contributed by atoms with Gasteiger partial charge in [-0.15, -0.1) is 0 Å². The SMILES string of the molecule is Cc1cc(-c2c(F)c(F)c(F)c(F)c2F)cc(C)c1C. The van der Waals surface area contributed by atoms with Gasteiger partial charge in [-0.1, -0.05) is 12.1 Å². The smallest absolute Gasteiger partial charge is 0.200 e. The Bertz CT molecular complexity index is 652. The lowest BCUT2D eigenvalue weighted by Crippen LogP contribution is -2.04. The number of rotatable bonds is 1. The lowest BCUT2D eigenvalue weighted by molar-refractivity contribution is 0.381. The molecule has 2 aromatic carbocycles. The van der Waals surface area contributed by atoms with Crippen LogP contribution in [0.4, 0.5) is 22.0 Å². The van der Waals surface area contributed by atoms with E-state index in [0.717, 1.165) is 5.56 Å². The second-order valence-electron chi connectivity index (χ2n) is 4.68. The first kappa shape index (κ1) is 14.5. The Hall–Kier alpha value is -1.91. The zero-order valence-corrected chi connectivity index (χ0v) is 11.0. The van der Waals surface area contributed by atoms with Gasteiger partial charge < -0.3 is 0 Å². The number of hydrogen-bond acceptors (Lipinski definition) is 0. The second kappa shape index (κ2) is 4.89. The standard InChI is InChI=1S/C15H11F5/c1-6-4-9(5-7(2)8(6)3)10-11(16)13(18)15(20)14(19)12(10)17/h4-5H,1-3H3. The van der Waals surface area contributed by atoms with Crippen LogP contribution in [0.5, 0.6) is 0 Å². The van der Waals surface area contributed by atoms with Crippen molar-refractivity contribution in [2.45, 2.75) is 20.8 Å². The van der Waals surface area contributed by atoms with Gasteiger partial charge in [0, 0.05) is 0 Å². The third-order valence-corrected chi connectivity index (χ3v) is 3.43. The summed E-state index contributed by atoms with van der Waals surface area (Å²) in [4.78, 5) is 0. The van der Waals surface area contributed by atoms with Crippen LogP contribution in [-0.4, -0.2) is 0 Å². The third kappa shape index (κ3) is 2.07. The van der Waals surface area contributed by atoms with Gasteiger partial charge in [0.25, 0.3) is 0 Å². The molecule has 0 radical (unpaired) electrons. The molecule has 0 nitrogen and oxygen atoms in total. The van der Waals surface area contributed by atoms with E-state index in [4.69, 9.17) is 0 Å². The van der Waals surface area contributed by atoms with Gasteiger partial charge in [0.2, 0.25) is 5.82 Å². The fraction of sp³-hybridized carbons (Fsp3) is 0.200. The van der Waals surface area contributed by atoms with Crippen molar-refractivity contribution in [3.8, 4) is 11.1 Å². The second-order valence-corrected chi connectivity index (χ2v) is 4.68. The van der Waals surface area contributed by atoms with Crippen molar-refractivity contribution < 1.29 is 22.0 Å². The summed E-state index contributed by atoms with van der Waals surface area (Å²) < 4.78 is 66.9. The summed E-state index contributed by atoms with van der Waals surface area (Å²) in [5, 5.41) is 0. The van der Waals surface area contributed by atoms with Crippen LogP contribution in [0.25, 0.3) is 11.1 Å². The average molecular weight is 286 g/mol. The Morgan fingerprint density at radius 2 is 0.950 bits per heavy atom. The lowest BCUT2D eigenvalue weighted by atomic mass is 9.95. The molecule has 0 saturated heterocycles. The summed E-state index contributed by atoms with van der Waals surface area (Å²) >= 11 is 0. The van der Waals surface area contributed by atoms with Gasteiger partial charge >= 0.3 is 0 Å². The van der Waals surface area contributed by atoms with E-state index in [-0.39, 0.29) is 5.56 Å². The van der Waals surface area contributed by atoms with E-state index >= 15 is 0 Å². The van der Waals surface area contributed by atoms with Crippen molar-refractivity contribution >= 4 is 0 Å². The molecular weight excluding hydrogens is 275 g/mol. The summed E-state index contributed by atoms with van der Waals surface area (Å²) in [6.07, 6.45) is 0. The fourth-order valence-corrected chi connectivity index (χ4v) is 2.04. The molecule has 0 aromatic heterocycles. The first-order chi connectivity index (χ1) is 9.25. The molecule has 0 atom stereocenters. The van der Waals surface area contributed by atoms with Crippen molar-refractivity contribution in [2.75, 3.05) is 0 Å². The minimum Gasteiger partial charge on any atom is -0.203 e. The molecule has 0 aliphatic heterocycles. The van der Waals surface area contributed by atoms with Gasteiger partial charge in [0.05, 0.1) is 5.56 Å². The Kier molecular flexibility index (Phi) is 3.54. The number of aryl methyl sites for hydroxylation is 2. The van der Waals surface area contributed by atoms with E-state index in [1.807, 2.05) is 6.92 Å². The third-order valence-electron chi connectivity index (χ3n) is 3.43. The zero-order valence-electron chi connectivity index (χ0n) is 11.0. The molecule has 106 valence electrons. The highest BCUT2D eigenvalue weighted by molar-refractivity contribution is 5.68. The minimum absolute atomic E-state index is 0.0293. The normalized spacial score (nSPS) is 11.0. The number of benzene rings is 2. The lowest BCUT2D eigenvalue weighted by Gasteiger charge is -2.12. The molecule has 0 unspecified atom stereocenters. The van der Waals surface area contributed by atoms with E-state index in [1.165, 1.54) is 12.1 Å². The van der Waals surface area contributed by atoms with Crippen LogP contribution in [-0.2, 0) is 0 Å². The Morgan fingerprint density at radius 1 is 0.600 bits per heavy atom.